The molecule has 2 aromatic rings. The van der Waals surface area contributed by atoms with E-state index in [-0.39, 0.29) is 17.4 Å². The van der Waals surface area contributed by atoms with Crippen LogP contribution in [0.4, 0.5) is 5.13 Å². The molecule has 1 amide bonds. The number of rotatable bonds is 7. The zero-order chi connectivity index (χ0) is 21.1. The van der Waals surface area contributed by atoms with Crippen LogP contribution < -0.4 is 15.8 Å². The minimum atomic E-state index is -0.117. The summed E-state index contributed by atoms with van der Waals surface area (Å²) in [5, 5.41) is 8.50. The van der Waals surface area contributed by atoms with Gasteiger partial charge < -0.3 is 10.2 Å². The lowest BCUT2D eigenvalue weighted by Crippen LogP contribution is -2.45. The predicted molar refractivity (Wildman–Crippen MR) is 119 cm³/mol. The molecule has 0 radical (unpaired) electrons. The smallest absolute Gasteiger partial charge is 0.275 e. The fourth-order valence-electron chi connectivity index (χ4n) is 4.60. The van der Waals surface area contributed by atoms with Gasteiger partial charge in [-0.05, 0) is 45.2 Å². The maximum absolute atomic E-state index is 12.7. The second-order valence-electron chi connectivity index (χ2n) is 8.35. The Bertz CT molecular complexity index is 933. The normalized spacial score (nSPS) is 20.9. The molecular formula is C21H32N6O2S. The van der Waals surface area contributed by atoms with Gasteiger partial charge >= 0.3 is 0 Å². The van der Waals surface area contributed by atoms with Crippen molar-refractivity contribution >= 4 is 27.3 Å². The van der Waals surface area contributed by atoms with Crippen LogP contribution in [0.15, 0.2) is 10.9 Å². The third kappa shape index (κ3) is 4.51. The van der Waals surface area contributed by atoms with E-state index in [1.165, 1.54) is 28.7 Å². The topological polar surface area (TPSA) is 82.8 Å². The fraction of sp³-hybridized carbons (Fsp3) is 0.714. The fourth-order valence-corrected chi connectivity index (χ4v) is 5.57. The molecule has 1 atom stereocenters. The number of hydrogen-bond acceptors (Lipinski definition) is 7. The van der Waals surface area contributed by atoms with Crippen molar-refractivity contribution in [3.05, 3.63) is 22.1 Å². The van der Waals surface area contributed by atoms with E-state index in [9.17, 15) is 9.59 Å². The molecule has 2 aliphatic rings. The van der Waals surface area contributed by atoms with Gasteiger partial charge in [-0.15, -0.1) is 5.10 Å². The number of nitrogens with zero attached hydrogens (tertiary/aromatic N) is 5. The maximum Gasteiger partial charge on any atom is 0.275 e. The van der Waals surface area contributed by atoms with E-state index < -0.39 is 0 Å². The summed E-state index contributed by atoms with van der Waals surface area (Å²) in [6.45, 7) is 8.79. The molecular weight excluding hydrogens is 400 g/mol. The molecule has 4 rings (SSSR count). The van der Waals surface area contributed by atoms with Crippen molar-refractivity contribution < 1.29 is 4.79 Å². The van der Waals surface area contributed by atoms with E-state index in [1.807, 2.05) is 0 Å². The van der Waals surface area contributed by atoms with Crippen molar-refractivity contribution in [2.45, 2.75) is 58.4 Å². The van der Waals surface area contributed by atoms with Crippen LogP contribution in [0.2, 0.25) is 0 Å². The van der Waals surface area contributed by atoms with Crippen molar-refractivity contribution in [1.82, 2.24) is 24.8 Å². The Labute approximate surface area is 181 Å². The van der Waals surface area contributed by atoms with E-state index in [0.29, 0.717) is 11.0 Å². The summed E-state index contributed by atoms with van der Waals surface area (Å²) in [6, 6.07) is 2.07. The van der Waals surface area contributed by atoms with Gasteiger partial charge in [0, 0.05) is 43.4 Å². The van der Waals surface area contributed by atoms with Crippen LogP contribution in [0, 0.1) is 5.92 Å². The van der Waals surface area contributed by atoms with Gasteiger partial charge in [-0.25, -0.2) is 4.98 Å². The Morgan fingerprint density at radius 1 is 1.23 bits per heavy atom. The number of carbonyl (C=O) groups excluding carboxylic acids is 1. The highest BCUT2D eigenvalue weighted by molar-refractivity contribution is 7.20. The summed E-state index contributed by atoms with van der Waals surface area (Å²) >= 11 is 1.46. The standard InChI is InChI=1S/C21H32N6O2S/c1-3-6-16-13-18(28)27-20(23-16)30-21(24-27)26-11-8-15(9-12-26)19(29)22-14-17-7-5-10-25(17)4-2/h13,15,17H,3-12,14H2,1-2H3,(H,22,29). The Kier molecular flexibility index (Phi) is 6.67. The number of piperidine rings is 1. The second-order valence-corrected chi connectivity index (χ2v) is 9.28. The summed E-state index contributed by atoms with van der Waals surface area (Å²) in [5.41, 5.74) is 0.713. The Morgan fingerprint density at radius 3 is 2.77 bits per heavy atom. The molecule has 2 aromatic heterocycles. The highest BCUT2D eigenvalue weighted by Crippen LogP contribution is 2.27. The zero-order valence-corrected chi connectivity index (χ0v) is 18.8. The molecule has 30 heavy (non-hydrogen) atoms. The third-order valence-electron chi connectivity index (χ3n) is 6.35. The first-order valence-electron chi connectivity index (χ1n) is 11.3. The number of hydrogen-bond donors (Lipinski definition) is 1. The maximum atomic E-state index is 12.7. The van der Waals surface area contributed by atoms with Gasteiger partial charge in [0.1, 0.15) is 0 Å². The van der Waals surface area contributed by atoms with Gasteiger partial charge in [-0.1, -0.05) is 31.6 Å². The molecule has 0 aliphatic carbocycles. The van der Waals surface area contributed by atoms with Crippen LogP contribution in [0.25, 0.3) is 4.96 Å². The number of fused-ring (bicyclic) bond motifs is 1. The summed E-state index contributed by atoms with van der Waals surface area (Å²) in [6.07, 6.45) is 5.79. The quantitative estimate of drug-likeness (QED) is 0.720. The van der Waals surface area contributed by atoms with Gasteiger partial charge in [0.15, 0.2) is 0 Å². The lowest BCUT2D eigenvalue weighted by atomic mass is 9.96. The van der Waals surface area contributed by atoms with Crippen LogP contribution in [-0.2, 0) is 11.2 Å². The second kappa shape index (κ2) is 9.43. The summed E-state index contributed by atoms with van der Waals surface area (Å²) in [5.74, 6) is 0.244. The Hall–Kier alpha value is -2.00. The molecule has 0 spiro atoms. The monoisotopic (exact) mass is 432 g/mol. The van der Waals surface area contributed by atoms with E-state index in [4.69, 9.17) is 0 Å². The van der Waals surface area contributed by atoms with Crippen molar-refractivity contribution in [2.75, 3.05) is 37.6 Å². The zero-order valence-electron chi connectivity index (χ0n) is 18.0. The van der Waals surface area contributed by atoms with Gasteiger partial charge in [0.05, 0.1) is 0 Å². The van der Waals surface area contributed by atoms with Crippen LogP contribution in [0.1, 0.15) is 51.6 Å². The molecule has 0 aromatic carbocycles. The van der Waals surface area contributed by atoms with Gasteiger partial charge in [0.25, 0.3) is 5.56 Å². The molecule has 8 nitrogen and oxygen atoms in total. The highest BCUT2D eigenvalue weighted by Gasteiger charge is 2.29. The minimum absolute atomic E-state index is 0.0594. The molecule has 9 heteroatoms. The van der Waals surface area contributed by atoms with Gasteiger partial charge in [-0.2, -0.15) is 4.52 Å². The first kappa shape index (κ1) is 21.2. The SMILES string of the molecule is CCCc1cc(=O)n2nc(N3CCC(C(=O)NCC4CCCN4CC)CC3)sc2n1. The number of amides is 1. The first-order valence-corrected chi connectivity index (χ1v) is 12.1. The number of aromatic nitrogens is 3. The van der Waals surface area contributed by atoms with E-state index in [2.05, 4.69) is 39.0 Å². The molecule has 0 saturated carbocycles. The molecule has 2 fully saturated rings. The molecule has 1 N–H and O–H groups in total. The van der Waals surface area contributed by atoms with E-state index >= 15 is 0 Å². The number of likely N-dealkylation sites (N-methyl/N-ethyl adjacent to an activating group) is 1. The highest BCUT2D eigenvalue weighted by atomic mass is 32.1. The average molecular weight is 433 g/mol. The summed E-state index contributed by atoms with van der Waals surface area (Å²) in [7, 11) is 0. The number of likely N-dealkylation sites (tertiary alicyclic amines) is 1. The van der Waals surface area contributed by atoms with Crippen LogP contribution in [0.5, 0.6) is 0 Å². The third-order valence-corrected chi connectivity index (χ3v) is 7.32. The Morgan fingerprint density at radius 2 is 2.03 bits per heavy atom. The number of carbonyl (C=O) groups is 1. The number of aryl methyl sites for hydroxylation is 1. The number of anilines is 1. The molecule has 1 unspecified atom stereocenters. The first-order chi connectivity index (χ1) is 14.6. The lowest BCUT2D eigenvalue weighted by molar-refractivity contribution is -0.125. The predicted octanol–water partition coefficient (Wildman–Crippen LogP) is 1.92. The van der Waals surface area contributed by atoms with Crippen LogP contribution in [-0.4, -0.2) is 64.2 Å². The lowest BCUT2D eigenvalue weighted by Gasteiger charge is -2.31. The van der Waals surface area contributed by atoms with Crippen molar-refractivity contribution in [3.63, 3.8) is 0 Å². The largest absolute Gasteiger partial charge is 0.354 e. The van der Waals surface area contributed by atoms with Crippen molar-refractivity contribution in [3.8, 4) is 0 Å². The van der Waals surface area contributed by atoms with Crippen molar-refractivity contribution in [1.29, 1.82) is 0 Å². The average Bonchev–Trinajstić information content (AvgIpc) is 3.39. The minimum Gasteiger partial charge on any atom is -0.354 e. The molecule has 4 heterocycles. The molecule has 2 aliphatic heterocycles. The van der Waals surface area contributed by atoms with Gasteiger partial charge in [0.2, 0.25) is 16.0 Å². The van der Waals surface area contributed by atoms with Crippen molar-refractivity contribution in [2.24, 2.45) is 5.92 Å². The molecule has 2 saturated heterocycles. The molecule has 164 valence electrons. The Balaban J connectivity index is 1.33. The van der Waals surface area contributed by atoms with E-state index in [0.717, 1.165) is 69.2 Å². The van der Waals surface area contributed by atoms with Crippen LogP contribution >= 0.6 is 11.3 Å². The number of nitrogens with one attached hydrogen (secondary N) is 1. The molecule has 0 bridgehead atoms. The summed E-state index contributed by atoms with van der Waals surface area (Å²) < 4.78 is 1.40. The summed E-state index contributed by atoms with van der Waals surface area (Å²) in [4.78, 5) is 34.9. The van der Waals surface area contributed by atoms with E-state index in [1.54, 1.807) is 6.07 Å². The van der Waals surface area contributed by atoms with Crippen LogP contribution in [0.3, 0.4) is 0 Å². The van der Waals surface area contributed by atoms with Gasteiger partial charge in [-0.3, -0.25) is 14.5 Å².